The molecule has 2 aromatic heterocycles. The van der Waals surface area contributed by atoms with Gasteiger partial charge in [-0.3, -0.25) is 15.1 Å². The summed E-state index contributed by atoms with van der Waals surface area (Å²) in [7, 11) is 0. The topological polar surface area (TPSA) is 65.5 Å². The third-order valence-corrected chi connectivity index (χ3v) is 7.13. The number of likely N-dealkylation sites (tertiary alicyclic amines) is 1. The molecule has 1 fully saturated rings. The van der Waals surface area contributed by atoms with E-state index >= 15 is 0 Å². The van der Waals surface area contributed by atoms with E-state index in [1.165, 1.54) is 22.5 Å². The molecule has 0 radical (unpaired) electrons. The van der Waals surface area contributed by atoms with Gasteiger partial charge in [-0.2, -0.15) is 0 Å². The van der Waals surface area contributed by atoms with Gasteiger partial charge in [0.05, 0.1) is 16.3 Å². The minimum atomic E-state index is -0.0609. The number of piperidine rings is 1. The molecule has 164 valence electrons. The maximum absolute atomic E-state index is 13.5. The summed E-state index contributed by atoms with van der Waals surface area (Å²) in [5, 5.41) is 5.77. The van der Waals surface area contributed by atoms with Crippen LogP contribution < -0.4 is 5.32 Å². The highest BCUT2D eigenvalue weighted by molar-refractivity contribution is 7.14. The van der Waals surface area contributed by atoms with E-state index in [-0.39, 0.29) is 17.9 Å². The molecule has 0 bridgehead atoms. The van der Waals surface area contributed by atoms with Gasteiger partial charge in [0.1, 0.15) is 0 Å². The number of benzene rings is 1. The summed E-state index contributed by atoms with van der Waals surface area (Å²) in [6.45, 7) is 4.56. The highest BCUT2D eigenvalue weighted by atomic mass is 32.1. The monoisotopic (exact) mass is 446 g/mol. The molecular weight excluding hydrogens is 420 g/mol. The van der Waals surface area contributed by atoms with Crippen molar-refractivity contribution in [2.24, 2.45) is 0 Å². The number of amides is 3. The van der Waals surface area contributed by atoms with E-state index in [1.54, 1.807) is 0 Å². The van der Waals surface area contributed by atoms with Crippen molar-refractivity contribution in [2.45, 2.75) is 38.8 Å². The fraction of sp³-hybridized carbons (Fsp3) is 0.320. The number of rotatable bonds is 3. The molecule has 0 unspecified atom stereocenters. The molecule has 1 N–H and O–H groups in total. The second kappa shape index (κ2) is 8.74. The van der Waals surface area contributed by atoms with E-state index in [0.717, 1.165) is 29.2 Å². The van der Waals surface area contributed by atoms with Crippen molar-refractivity contribution in [1.29, 1.82) is 0 Å². The molecule has 1 aromatic carbocycles. The van der Waals surface area contributed by atoms with Gasteiger partial charge in [0.2, 0.25) is 0 Å². The van der Waals surface area contributed by atoms with E-state index in [1.807, 2.05) is 58.5 Å². The standard InChI is InChI=1S/C25H26N4O2S/c1-17-8-9-21(24(30)29-15-19-5-2-3-6-20(19)16-29)23(26-17)18-10-12-28(13-11-18)25(31)27-22-7-4-14-32-22/h2-9,14,18H,10-13,15-16H2,1H3,(H,27,31). The third-order valence-electron chi connectivity index (χ3n) is 6.34. The van der Waals surface area contributed by atoms with Gasteiger partial charge in [0.25, 0.3) is 5.91 Å². The molecule has 0 spiro atoms. The Bertz CT molecular complexity index is 1110. The number of aromatic nitrogens is 1. The van der Waals surface area contributed by atoms with Gasteiger partial charge < -0.3 is 9.80 Å². The van der Waals surface area contributed by atoms with E-state index in [4.69, 9.17) is 4.98 Å². The maximum atomic E-state index is 13.5. The van der Waals surface area contributed by atoms with Crippen LogP contribution in [0.2, 0.25) is 0 Å². The van der Waals surface area contributed by atoms with Gasteiger partial charge in [-0.15, -0.1) is 11.3 Å². The van der Waals surface area contributed by atoms with Crippen molar-refractivity contribution in [2.75, 3.05) is 18.4 Å². The van der Waals surface area contributed by atoms with E-state index in [2.05, 4.69) is 17.4 Å². The molecule has 32 heavy (non-hydrogen) atoms. The normalized spacial score (nSPS) is 16.2. The van der Waals surface area contributed by atoms with Crippen molar-refractivity contribution < 1.29 is 9.59 Å². The van der Waals surface area contributed by atoms with Crippen LogP contribution in [0.1, 0.15) is 51.6 Å². The van der Waals surface area contributed by atoms with Crippen LogP contribution >= 0.6 is 11.3 Å². The number of hydrogen-bond donors (Lipinski definition) is 1. The molecule has 2 aliphatic rings. The Morgan fingerprint density at radius 2 is 1.69 bits per heavy atom. The minimum absolute atomic E-state index is 0.0431. The van der Waals surface area contributed by atoms with Crippen LogP contribution in [0, 0.1) is 6.92 Å². The van der Waals surface area contributed by atoms with Crippen LogP contribution in [-0.2, 0) is 13.1 Å². The number of fused-ring (bicyclic) bond motifs is 1. The zero-order chi connectivity index (χ0) is 22.1. The van der Waals surface area contributed by atoms with Crippen molar-refractivity contribution in [3.63, 3.8) is 0 Å². The second-order valence-corrected chi connectivity index (χ2v) is 9.43. The summed E-state index contributed by atoms with van der Waals surface area (Å²) in [5.41, 5.74) is 4.92. The predicted octanol–water partition coefficient (Wildman–Crippen LogP) is 5.02. The number of thiophene rings is 1. The van der Waals surface area contributed by atoms with E-state index in [9.17, 15) is 9.59 Å². The lowest BCUT2D eigenvalue weighted by molar-refractivity contribution is 0.0748. The molecule has 0 saturated carbocycles. The molecule has 6 nitrogen and oxygen atoms in total. The van der Waals surface area contributed by atoms with Crippen LogP contribution in [0.4, 0.5) is 9.80 Å². The number of nitrogens with one attached hydrogen (secondary N) is 1. The van der Waals surface area contributed by atoms with E-state index in [0.29, 0.717) is 31.7 Å². The fourth-order valence-corrected chi connectivity index (χ4v) is 5.21. The van der Waals surface area contributed by atoms with Crippen molar-refractivity contribution in [3.05, 3.63) is 82.0 Å². The minimum Gasteiger partial charge on any atom is -0.330 e. The first kappa shape index (κ1) is 20.7. The van der Waals surface area contributed by atoms with Crippen molar-refractivity contribution in [3.8, 4) is 0 Å². The number of aryl methyl sites for hydroxylation is 1. The third kappa shape index (κ3) is 4.12. The summed E-state index contributed by atoms with van der Waals surface area (Å²) in [5.74, 6) is 0.214. The van der Waals surface area contributed by atoms with Gasteiger partial charge in [-0.05, 0) is 60.5 Å². The zero-order valence-corrected chi connectivity index (χ0v) is 18.9. The average molecular weight is 447 g/mol. The molecule has 1 saturated heterocycles. The Labute approximate surface area is 191 Å². The molecular formula is C25H26N4O2S. The Morgan fingerprint density at radius 1 is 0.969 bits per heavy atom. The Hall–Kier alpha value is -3.19. The first-order chi connectivity index (χ1) is 15.6. The number of carbonyl (C=O) groups excluding carboxylic acids is 2. The molecule has 4 heterocycles. The molecule has 5 rings (SSSR count). The molecule has 2 aliphatic heterocycles. The second-order valence-electron chi connectivity index (χ2n) is 8.48. The SMILES string of the molecule is Cc1ccc(C(=O)N2Cc3ccccc3C2)c(C2CCN(C(=O)Nc3cccs3)CC2)n1. The lowest BCUT2D eigenvalue weighted by Gasteiger charge is -2.32. The molecule has 0 atom stereocenters. The predicted molar refractivity (Wildman–Crippen MR) is 126 cm³/mol. The number of hydrogen-bond acceptors (Lipinski definition) is 4. The highest BCUT2D eigenvalue weighted by Crippen LogP contribution is 2.32. The molecule has 7 heteroatoms. The van der Waals surface area contributed by atoms with Gasteiger partial charge in [-0.1, -0.05) is 24.3 Å². The van der Waals surface area contributed by atoms with Gasteiger partial charge >= 0.3 is 6.03 Å². The summed E-state index contributed by atoms with van der Waals surface area (Å²) in [4.78, 5) is 34.6. The number of carbonyl (C=O) groups is 2. The van der Waals surface area contributed by atoms with Gasteiger partial charge in [0.15, 0.2) is 0 Å². The highest BCUT2D eigenvalue weighted by Gasteiger charge is 2.31. The van der Waals surface area contributed by atoms with Crippen LogP contribution in [0.3, 0.4) is 0 Å². The number of pyridine rings is 1. The average Bonchev–Trinajstić information content (AvgIpc) is 3.48. The Morgan fingerprint density at radius 3 is 2.34 bits per heavy atom. The molecule has 3 aromatic rings. The van der Waals surface area contributed by atoms with Crippen LogP contribution in [-0.4, -0.2) is 39.8 Å². The largest absolute Gasteiger partial charge is 0.330 e. The first-order valence-corrected chi connectivity index (χ1v) is 11.9. The van der Waals surface area contributed by atoms with Gasteiger partial charge in [0, 0.05) is 37.8 Å². The Balaban J connectivity index is 1.29. The number of urea groups is 1. The lowest BCUT2D eigenvalue weighted by atomic mass is 9.90. The maximum Gasteiger partial charge on any atom is 0.322 e. The Kier molecular flexibility index (Phi) is 5.66. The molecule has 3 amide bonds. The first-order valence-electron chi connectivity index (χ1n) is 11.0. The number of anilines is 1. The fourth-order valence-electron chi connectivity index (χ4n) is 4.61. The van der Waals surface area contributed by atoms with Crippen LogP contribution in [0.5, 0.6) is 0 Å². The summed E-state index contributed by atoms with van der Waals surface area (Å²) in [6.07, 6.45) is 1.60. The summed E-state index contributed by atoms with van der Waals surface area (Å²) >= 11 is 1.52. The molecule has 0 aliphatic carbocycles. The van der Waals surface area contributed by atoms with E-state index < -0.39 is 0 Å². The quantitative estimate of drug-likeness (QED) is 0.614. The zero-order valence-electron chi connectivity index (χ0n) is 18.1. The van der Waals surface area contributed by atoms with Crippen molar-refractivity contribution >= 4 is 28.3 Å². The number of nitrogens with zero attached hydrogens (tertiary/aromatic N) is 3. The summed E-state index contributed by atoms with van der Waals surface area (Å²) < 4.78 is 0. The summed E-state index contributed by atoms with van der Waals surface area (Å²) in [6, 6.07) is 15.8. The van der Waals surface area contributed by atoms with Crippen LogP contribution in [0.15, 0.2) is 53.9 Å². The van der Waals surface area contributed by atoms with Crippen LogP contribution in [0.25, 0.3) is 0 Å². The lowest BCUT2D eigenvalue weighted by Crippen LogP contribution is -2.41. The van der Waals surface area contributed by atoms with Crippen molar-refractivity contribution in [1.82, 2.24) is 14.8 Å². The van der Waals surface area contributed by atoms with Gasteiger partial charge in [-0.25, -0.2) is 4.79 Å². The smallest absolute Gasteiger partial charge is 0.322 e.